The molecule has 0 spiro atoms. The Kier molecular flexibility index (Phi) is 4.36. The van der Waals surface area contributed by atoms with Crippen molar-refractivity contribution in [2.45, 2.75) is 38.4 Å². The third-order valence-corrected chi connectivity index (χ3v) is 3.35. The minimum Gasteiger partial charge on any atom is -0.310 e. The molecule has 2 aliphatic rings. The molecule has 1 saturated carbocycles. The van der Waals surface area contributed by atoms with E-state index in [0.29, 0.717) is 0 Å². The number of hydrogen-bond donors (Lipinski definition) is 2. The molecule has 6 heteroatoms. The molecule has 0 saturated heterocycles. The third kappa shape index (κ3) is 2.89. The summed E-state index contributed by atoms with van der Waals surface area (Å²) in [6, 6.07) is 4.94. The number of carbonyl (C=O) groups excluding carboxylic acids is 1. The SMILES string of the molecule is CC.O=C1Nc2ccccc2C(C#CC2CC2)(C(F)(F)F)N1. The molecule has 1 aromatic carbocycles. The number of anilines is 1. The van der Waals surface area contributed by atoms with Crippen molar-refractivity contribution in [3.05, 3.63) is 29.8 Å². The molecule has 3 nitrogen and oxygen atoms in total. The first-order valence-electron chi connectivity index (χ1n) is 7.20. The van der Waals surface area contributed by atoms with Gasteiger partial charge in [-0.1, -0.05) is 43.9 Å². The first-order chi connectivity index (χ1) is 10.4. The lowest BCUT2D eigenvalue weighted by atomic mass is 9.86. The van der Waals surface area contributed by atoms with E-state index in [9.17, 15) is 18.0 Å². The zero-order valence-corrected chi connectivity index (χ0v) is 12.3. The summed E-state index contributed by atoms with van der Waals surface area (Å²) in [5.41, 5.74) is -2.56. The van der Waals surface area contributed by atoms with Crippen LogP contribution in [0.25, 0.3) is 0 Å². The van der Waals surface area contributed by atoms with Crippen LogP contribution >= 0.6 is 0 Å². The van der Waals surface area contributed by atoms with Gasteiger partial charge < -0.3 is 10.6 Å². The van der Waals surface area contributed by atoms with Gasteiger partial charge >= 0.3 is 12.2 Å². The van der Waals surface area contributed by atoms with Crippen LogP contribution in [0.4, 0.5) is 23.7 Å². The van der Waals surface area contributed by atoms with Gasteiger partial charge in [-0.25, -0.2) is 4.79 Å². The van der Waals surface area contributed by atoms with E-state index in [1.54, 1.807) is 6.07 Å². The monoisotopic (exact) mass is 310 g/mol. The summed E-state index contributed by atoms with van der Waals surface area (Å²) in [6.45, 7) is 4.00. The largest absolute Gasteiger partial charge is 0.427 e. The number of hydrogen-bond acceptors (Lipinski definition) is 1. The molecule has 1 aliphatic carbocycles. The highest BCUT2D eigenvalue weighted by Crippen LogP contribution is 2.44. The second-order valence-electron chi connectivity index (χ2n) is 4.92. The van der Waals surface area contributed by atoms with Crippen LogP contribution in [0.5, 0.6) is 0 Å². The van der Waals surface area contributed by atoms with Crippen LogP contribution in [0.3, 0.4) is 0 Å². The quantitative estimate of drug-likeness (QED) is 0.698. The highest BCUT2D eigenvalue weighted by molar-refractivity contribution is 5.94. The normalized spacial score (nSPS) is 22.9. The second-order valence-corrected chi connectivity index (χ2v) is 4.92. The van der Waals surface area contributed by atoms with Gasteiger partial charge in [0.05, 0.1) is 0 Å². The summed E-state index contributed by atoms with van der Waals surface area (Å²) in [5, 5.41) is 4.33. The molecule has 22 heavy (non-hydrogen) atoms. The molecule has 1 aliphatic heterocycles. The fraction of sp³-hybridized carbons (Fsp3) is 0.438. The number of rotatable bonds is 0. The van der Waals surface area contributed by atoms with Gasteiger partial charge in [0.2, 0.25) is 5.54 Å². The lowest BCUT2D eigenvalue weighted by Crippen LogP contribution is -2.59. The molecule has 1 atom stereocenters. The van der Waals surface area contributed by atoms with Gasteiger partial charge in [-0.15, -0.1) is 0 Å². The fourth-order valence-electron chi connectivity index (χ4n) is 2.14. The van der Waals surface area contributed by atoms with E-state index in [-0.39, 0.29) is 17.2 Å². The topological polar surface area (TPSA) is 41.1 Å². The van der Waals surface area contributed by atoms with Crippen molar-refractivity contribution in [1.82, 2.24) is 5.32 Å². The Morgan fingerprint density at radius 1 is 1.23 bits per heavy atom. The minimum atomic E-state index is -4.69. The summed E-state index contributed by atoms with van der Waals surface area (Å²) in [7, 11) is 0. The molecule has 3 rings (SSSR count). The summed E-state index contributed by atoms with van der Waals surface area (Å²) in [6.07, 6.45) is -3.06. The van der Waals surface area contributed by atoms with E-state index < -0.39 is 17.7 Å². The molecular weight excluding hydrogens is 293 g/mol. The van der Waals surface area contributed by atoms with Gasteiger partial charge in [-0.2, -0.15) is 13.2 Å². The highest BCUT2D eigenvalue weighted by atomic mass is 19.4. The smallest absolute Gasteiger partial charge is 0.310 e. The van der Waals surface area contributed by atoms with Crippen molar-refractivity contribution >= 4 is 11.7 Å². The molecule has 118 valence electrons. The van der Waals surface area contributed by atoms with Crippen molar-refractivity contribution in [2.24, 2.45) is 5.92 Å². The minimum absolute atomic E-state index is 0.00757. The maximum absolute atomic E-state index is 13.6. The molecule has 0 aromatic heterocycles. The average Bonchev–Trinajstić information content (AvgIpc) is 3.29. The molecule has 0 radical (unpaired) electrons. The van der Waals surface area contributed by atoms with Gasteiger partial charge in [-0.05, 0) is 18.9 Å². The van der Waals surface area contributed by atoms with Crippen LogP contribution in [0.2, 0.25) is 0 Å². The first kappa shape index (κ1) is 16.2. The van der Waals surface area contributed by atoms with Crippen LogP contribution in [0.1, 0.15) is 32.3 Å². The van der Waals surface area contributed by atoms with E-state index >= 15 is 0 Å². The van der Waals surface area contributed by atoms with E-state index in [2.05, 4.69) is 17.2 Å². The Hall–Kier alpha value is -2.16. The van der Waals surface area contributed by atoms with Crippen molar-refractivity contribution in [3.63, 3.8) is 0 Å². The van der Waals surface area contributed by atoms with E-state index in [4.69, 9.17) is 0 Å². The lowest BCUT2D eigenvalue weighted by Gasteiger charge is -2.37. The number of benzene rings is 1. The van der Waals surface area contributed by atoms with Crippen LogP contribution in [0, 0.1) is 17.8 Å². The summed E-state index contributed by atoms with van der Waals surface area (Å²) in [5.74, 6) is 4.91. The molecule has 0 bridgehead atoms. The summed E-state index contributed by atoms with van der Waals surface area (Å²) < 4.78 is 40.7. The molecule has 1 heterocycles. The Labute approximate surface area is 127 Å². The third-order valence-electron chi connectivity index (χ3n) is 3.35. The van der Waals surface area contributed by atoms with Gasteiger partial charge in [0.25, 0.3) is 0 Å². The highest BCUT2D eigenvalue weighted by Gasteiger charge is 2.59. The van der Waals surface area contributed by atoms with Crippen molar-refractivity contribution in [1.29, 1.82) is 0 Å². The van der Waals surface area contributed by atoms with Crippen molar-refractivity contribution in [3.8, 4) is 11.8 Å². The predicted molar refractivity (Wildman–Crippen MR) is 78.2 cm³/mol. The zero-order chi connectivity index (χ0) is 16.4. The van der Waals surface area contributed by atoms with Crippen LogP contribution in [0.15, 0.2) is 24.3 Å². The Bertz CT molecular complexity index is 626. The van der Waals surface area contributed by atoms with Gasteiger partial charge in [0, 0.05) is 17.2 Å². The lowest BCUT2D eigenvalue weighted by molar-refractivity contribution is -0.178. The van der Waals surface area contributed by atoms with Crippen molar-refractivity contribution in [2.75, 3.05) is 5.32 Å². The Morgan fingerprint density at radius 3 is 2.45 bits per heavy atom. The number of alkyl halides is 3. The first-order valence-corrected chi connectivity index (χ1v) is 7.20. The number of amides is 2. The van der Waals surface area contributed by atoms with Crippen molar-refractivity contribution < 1.29 is 18.0 Å². The maximum atomic E-state index is 13.6. The molecular formula is C16H17F3N2O. The second kappa shape index (κ2) is 5.91. The average molecular weight is 310 g/mol. The number of fused-ring (bicyclic) bond motifs is 1. The number of urea groups is 1. The molecule has 1 unspecified atom stereocenters. The van der Waals surface area contributed by atoms with Crippen LogP contribution in [-0.4, -0.2) is 12.2 Å². The van der Waals surface area contributed by atoms with E-state index in [0.717, 1.165) is 12.8 Å². The summed E-state index contributed by atoms with van der Waals surface area (Å²) in [4.78, 5) is 11.6. The molecule has 2 N–H and O–H groups in total. The van der Waals surface area contributed by atoms with Gasteiger partial charge in [0.1, 0.15) is 0 Å². The number of nitrogens with one attached hydrogen (secondary N) is 2. The molecule has 1 fully saturated rings. The van der Waals surface area contributed by atoms with Crippen LogP contribution in [-0.2, 0) is 5.54 Å². The predicted octanol–water partition coefficient (Wildman–Crippen LogP) is 4.02. The number of halogens is 3. The summed E-state index contributed by atoms with van der Waals surface area (Å²) >= 11 is 0. The van der Waals surface area contributed by atoms with E-state index in [1.807, 2.05) is 19.2 Å². The zero-order valence-electron chi connectivity index (χ0n) is 12.3. The Balaban J connectivity index is 0.000000847. The standard InChI is InChI=1S/C14H11F3N2O.C2H6/c15-14(16,17)13(8-7-9-5-6-9)10-3-1-2-4-11(10)18-12(20)19-13;1-2/h1-4,9H,5-6H2,(H2,18,19,20);1-2H3. The number of carbonyl (C=O) groups is 1. The van der Waals surface area contributed by atoms with E-state index in [1.165, 1.54) is 18.2 Å². The molecule has 2 amide bonds. The molecule has 1 aromatic rings. The Morgan fingerprint density at radius 2 is 1.86 bits per heavy atom. The number of para-hydroxylation sites is 1. The van der Waals surface area contributed by atoms with Crippen LogP contribution < -0.4 is 10.6 Å². The fourth-order valence-corrected chi connectivity index (χ4v) is 2.14. The van der Waals surface area contributed by atoms with Gasteiger partial charge in [-0.3, -0.25) is 0 Å². The maximum Gasteiger partial charge on any atom is 0.427 e. The van der Waals surface area contributed by atoms with Gasteiger partial charge in [0.15, 0.2) is 0 Å².